The van der Waals surface area contributed by atoms with Crippen LogP contribution in [0.25, 0.3) is 0 Å². The summed E-state index contributed by atoms with van der Waals surface area (Å²) in [6.45, 7) is 0.354. The van der Waals surface area contributed by atoms with Crippen molar-refractivity contribution in [1.29, 1.82) is 0 Å². The van der Waals surface area contributed by atoms with Crippen LogP contribution < -0.4 is 11.1 Å². The molecule has 0 saturated heterocycles. The molecule has 1 heterocycles. The van der Waals surface area contributed by atoms with E-state index >= 15 is 0 Å². The van der Waals surface area contributed by atoms with Gasteiger partial charge < -0.3 is 20.6 Å². The van der Waals surface area contributed by atoms with Crippen LogP contribution in [0, 0.1) is 5.92 Å². The summed E-state index contributed by atoms with van der Waals surface area (Å²) in [4.78, 5) is 28.0. The lowest BCUT2D eigenvalue weighted by atomic mass is 9.82. The lowest BCUT2D eigenvalue weighted by Crippen LogP contribution is -2.18. The molecule has 164 valence electrons. The minimum absolute atomic E-state index is 0.137. The monoisotopic (exact) mass is 431 g/mol. The third-order valence-electron chi connectivity index (χ3n) is 5.69. The number of benzene rings is 2. The molecule has 0 bridgehead atoms. The Hall–Kier alpha value is -3.87. The summed E-state index contributed by atoms with van der Waals surface area (Å²) < 4.78 is 5.24. The average molecular weight is 431 g/mol. The fourth-order valence-electron chi connectivity index (χ4n) is 3.98. The third kappa shape index (κ3) is 5.24. The second kappa shape index (κ2) is 9.51. The maximum atomic E-state index is 12.7. The topological polar surface area (TPSA) is 118 Å². The first-order valence-electron chi connectivity index (χ1n) is 10.6. The van der Waals surface area contributed by atoms with Crippen molar-refractivity contribution in [3.8, 4) is 0 Å². The van der Waals surface area contributed by atoms with E-state index in [1.807, 2.05) is 24.3 Å². The first kappa shape index (κ1) is 21.4. The number of amides is 1. The number of fused-ring (bicyclic) bond motifs is 1. The summed E-state index contributed by atoms with van der Waals surface area (Å²) in [6, 6.07) is 16.4. The van der Waals surface area contributed by atoms with E-state index in [-0.39, 0.29) is 18.2 Å². The number of aliphatic carboxylic acids is 1. The molecule has 4 rings (SSSR count). The van der Waals surface area contributed by atoms with E-state index in [9.17, 15) is 9.59 Å². The number of aliphatic imine (C=N–C) groups is 1. The molecule has 1 aliphatic rings. The molecule has 4 N–H and O–H groups in total. The Morgan fingerprint density at radius 1 is 1.09 bits per heavy atom. The van der Waals surface area contributed by atoms with Gasteiger partial charge in [0, 0.05) is 23.2 Å². The molecule has 0 radical (unpaired) electrons. The quantitative estimate of drug-likeness (QED) is 0.386. The van der Waals surface area contributed by atoms with Crippen LogP contribution in [-0.4, -0.2) is 22.8 Å². The number of anilines is 1. The van der Waals surface area contributed by atoms with E-state index in [0.717, 1.165) is 36.1 Å². The van der Waals surface area contributed by atoms with Crippen LogP contribution in [-0.2, 0) is 24.2 Å². The number of nitrogens with two attached hydrogens (primary N) is 1. The Morgan fingerprint density at radius 3 is 2.59 bits per heavy atom. The number of nitrogens with zero attached hydrogens (tertiary/aromatic N) is 1. The van der Waals surface area contributed by atoms with E-state index in [4.69, 9.17) is 15.3 Å². The van der Waals surface area contributed by atoms with Crippen molar-refractivity contribution < 1.29 is 19.1 Å². The summed E-state index contributed by atoms with van der Waals surface area (Å²) in [5.41, 5.74) is 10.3. The number of carboxylic acids is 1. The lowest BCUT2D eigenvalue weighted by Gasteiger charge is -2.24. The van der Waals surface area contributed by atoms with Crippen LogP contribution in [0.3, 0.4) is 0 Å². The Balaban J connectivity index is 1.40. The number of amidine groups is 1. The second-order valence-electron chi connectivity index (χ2n) is 8.00. The fourth-order valence-corrected chi connectivity index (χ4v) is 3.98. The largest absolute Gasteiger partial charge is 0.481 e. The molecule has 2 aromatic carbocycles. The standard InChI is InChI=1S/C25H25N3O4/c26-24(27-15-22-2-1-11-32-22)18-5-7-19(8-6-18)25(31)28-21-10-9-17-4-3-16(13-23(29)30)12-20(17)14-21/h1-2,5-11,14,16H,3-4,12-13,15H2,(H2,26,27)(H,28,31)(H,29,30). The van der Waals surface area contributed by atoms with Gasteiger partial charge in [0.1, 0.15) is 11.6 Å². The molecule has 7 heteroatoms. The number of hydrogen-bond acceptors (Lipinski definition) is 4. The highest BCUT2D eigenvalue weighted by molar-refractivity contribution is 6.05. The van der Waals surface area contributed by atoms with Crippen LogP contribution in [0.2, 0.25) is 0 Å². The number of aryl methyl sites for hydroxylation is 1. The van der Waals surface area contributed by atoms with Crippen LogP contribution in [0.5, 0.6) is 0 Å². The van der Waals surface area contributed by atoms with Gasteiger partial charge in [-0.3, -0.25) is 14.6 Å². The maximum absolute atomic E-state index is 12.7. The van der Waals surface area contributed by atoms with Gasteiger partial charge in [-0.2, -0.15) is 0 Å². The highest BCUT2D eigenvalue weighted by Crippen LogP contribution is 2.29. The zero-order chi connectivity index (χ0) is 22.5. The number of nitrogens with one attached hydrogen (secondary N) is 1. The predicted molar refractivity (Wildman–Crippen MR) is 122 cm³/mol. The SMILES string of the molecule is NC(=NCc1ccco1)c1ccc(C(=O)Nc2ccc3c(c2)CC(CC(=O)O)CC3)cc1. The third-order valence-corrected chi connectivity index (χ3v) is 5.69. The van der Waals surface area contributed by atoms with E-state index in [1.165, 1.54) is 5.56 Å². The molecule has 1 unspecified atom stereocenters. The first-order valence-corrected chi connectivity index (χ1v) is 10.6. The molecule has 7 nitrogen and oxygen atoms in total. The van der Waals surface area contributed by atoms with Gasteiger partial charge in [-0.15, -0.1) is 0 Å². The molecular weight excluding hydrogens is 406 g/mol. The smallest absolute Gasteiger partial charge is 0.303 e. The van der Waals surface area contributed by atoms with Crippen LogP contribution in [0.1, 0.15) is 45.7 Å². The molecule has 3 aromatic rings. The minimum atomic E-state index is -0.766. The number of hydrogen-bond donors (Lipinski definition) is 3. The van der Waals surface area contributed by atoms with Crippen LogP contribution in [0.4, 0.5) is 5.69 Å². The summed E-state index contributed by atoms with van der Waals surface area (Å²) in [5.74, 6) is 0.249. The molecule has 1 amide bonds. The van der Waals surface area contributed by atoms with Crippen LogP contribution in [0.15, 0.2) is 70.3 Å². The summed E-state index contributed by atoms with van der Waals surface area (Å²) in [6.07, 6.45) is 4.23. The Kier molecular flexibility index (Phi) is 6.35. The van der Waals surface area contributed by atoms with Crippen molar-refractivity contribution in [1.82, 2.24) is 0 Å². The summed E-state index contributed by atoms with van der Waals surface area (Å²) >= 11 is 0. The highest BCUT2D eigenvalue weighted by atomic mass is 16.4. The lowest BCUT2D eigenvalue weighted by molar-refractivity contribution is -0.138. The number of carboxylic acid groups (broad SMARTS) is 1. The number of rotatable bonds is 7. The Morgan fingerprint density at radius 2 is 1.88 bits per heavy atom. The second-order valence-corrected chi connectivity index (χ2v) is 8.00. The van der Waals surface area contributed by atoms with Crippen molar-refractivity contribution in [3.05, 3.63) is 88.9 Å². The molecule has 32 heavy (non-hydrogen) atoms. The Labute approximate surface area is 186 Å². The van der Waals surface area contributed by atoms with Crippen molar-refractivity contribution >= 4 is 23.4 Å². The van der Waals surface area contributed by atoms with Gasteiger partial charge in [-0.1, -0.05) is 18.2 Å². The van der Waals surface area contributed by atoms with Crippen molar-refractivity contribution in [3.63, 3.8) is 0 Å². The number of carbonyl (C=O) groups is 2. The van der Waals surface area contributed by atoms with Gasteiger partial charge in [-0.05, 0) is 72.7 Å². The first-order chi connectivity index (χ1) is 15.5. The average Bonchev–Trinajstić information content (AvgIpc) is 3.30. The minimum Gasteiger partial charge on any atom is -0.481 e. The molecule has 0 spiro atoms. The summed E-state index contributed by atoms with van der Waals surface area (Å²) in [5, 5.41) is 12.0. The predicted octanol–water partition coefficient (Wildman–Crippen LogP) is 4.02. The molecule has 0 fully saturated rings. The highest BCUT2D eigenvalue weighted by Gasteiger charge is 2.21. The van der Waals surface area contributed by atoms with Gasteiger partial charge >= 0.3 is 5.97 Å². The molecule has 1 atom stereocenters. The van der Waals surface area contributed by atoms with E-state index < -0.39 is 5.97 Å². The Bertz CT molecular complexity index is 1130. The van der Waals surface area contributed by atoms with Gasteiger partial charge in [0.05, 0.1) is 12.8 Å². The molecule has 0 saturated carbocycles. The van der Waals surface area contributed by atoms with E-state index in [2.05, 4.69) is 10.3 Å². The summed E-state index contributed by atoms with van der Waals surface area (Å²) in [7, 11) is 0. The normalized spacial score (nSPS) is 15.8. The molecule has 0 aliphatic heterocycles. The van der Waals surface area contributed by atoms with Crippen LogP contribution >= 0.6 is 0 Å². The zero-order valence-electron chi connectivity index (χ0n) is 17.6. The van der Waals surface area contributed by atoms with E-state index in [1.54, 1.807) is 36.6 Å². The fraction of sp³-hybridized carbons (Fsp3) is 0.240. The van der Waals surface area contributed by atoms with Crippen molar-refractivity contribution in [2.75, 3.05) is 5.32 Å². The van der Waals surface area contributed by atoms with Gasteiger partial charge in [0.15, 0.2) is 0 Å². The van der Waals surface area contributed by atoms with E-state index in [0.29, 0.717) is 23.6 Å². The molecular formula is C25H25N3O4. The number of furan rings is 1. The maximum Gasteiger partial charge on any atom is 0.303 e. The van der Waals surface area contributed by atoms with Gasteiger partial charge in [-0.25, -0.2) is 0 Å². The molecule has 1 aliphatic carbocycles. The zero-order valence-corrected chi connectivity index (χ0v) is 17.6. The van der Waals surface area contributed by atoms with Crippen molar-refractivity contribution in [2.45, 2.75) is 32.2 Å². The van der Waals surface area contributed by atoms with Crippen molar-refractivity contribution in [2.24, 2.45) is 16.6 Å². The molecule has 1 aromatic heterocycles. The van der Waals surface area contributed by atoms with Gasteiger partial charge in [0.2, 0.25) is 0 Å². The van der Waals surface area contributed by atoms with Gasteiger partial charge in [0.25, 0.3) is 5.91 Å². The number of carbonyl (C=O) groups excluding carboxylic acids is 1.